The number of benzene rings is 3. The summed E-state index contributed by atoms with van der Waals surface area (Å²) in [4.78, 5) is 24.2. The van der Waals surface area contributed by atoms with Crippen molar-refractivity contribution in [2.45, 2.75) is 20.3 Å². The molecule has 0 saturated carbocycles. The smallest absolute Gasteiger partial charge is 0.255 e. The quantitative estimate of drug-likeness (QED) is 0.157. The van der Waals surface area contributed by atoms with Gasteiger partial charge in [0.05, 0.1) is 25.5 Å². The highest BCUT2D eigenvalue weighted by molar-refractivity contribution is 6.06. The maximum atomic E-state index is 12.8. The predicted molar refractivity (Wildman–Crippen MR) is 137 cm³/mol. The van der Waals surface area contributed by atoms with E-state index < -0.39 is 0 Å². The Balaban J connectivity index is 2.05. The number of carbonyl (C=O) groups is 2. The first-order chi connectivity index (χ1) is 17.0. The molecule has 0 atom stereocenters. The van der Waals surface area contributed by atoms with Gasteiger partial charge in [-0.3, -0.25) is 9.59 Å². The number of nitrogens with one attached hydrogen (secondary N) is 1. The van der Waals surface area contributed by atoms with Gasteiger partial charge in [0, 0.05) is 23.1 Å². The summed E-state index contributed by atoms with van der Waals surface area (Å²) in [5.41, 5.74) is 1.50. The van der Waals surface area contributed by atoms with Gasteiger partial charge in [-0.15, -0.1) is 10.2 Å². The molecule has 0 aliphatic carbocycles. The normalized spacial score (nSPS) is 11.8. The number of ether oxygens (including phenoxy) is 2. The number of fused-ring (bicyclic) bond motifs is 1. The van der Waals surface area contributed by atoms with E-state index in [-0.39, 0.29) is 22.9 Å². The molecule has 2 N–H and O–H groups in total. The lowest BCUT2D eigenvalue weighted by atomic mass is 10.0. The molecule has 0 fully saturated rings. The maximum Gasteiger partial charge on any atom is 0.255 e. The Morgan fingerprint density at radius 3 is 2.49 bits per heavy atom. The van der Waals surface area contributed by atoms with Crippen LogP contribution in [0.3, 0.4) is 0 Å². The van der Waals surface area contributed by atoms with Crippen LogP contribution in [0.5, 0.6) is 17.2 Å². The molecular formula is C27H27N3O5. The number of amides is 1. The van der Waals surface area contributed by atoms with Crippen molar-refractivity contribution in [1.82, 2.24) is 0 Å². The van der Waals surface area contributed by atoms with E-state index >= 15 is 0 Å². The molecular weight excluding hydrogens is 446 g/mol. The zero-order chi connectivity index (χ0) is 25.4. The van der Waals surface area contributed by atoms with Crippen molar-refractivity contribution in [3.8, 4) is 17.2 Å². The van der Waals surface area contributed by atoms with Crippen LogP contribution in [0.25, 0.3) is 10.8 Å². The minimum Gasteiger partial charge on any atom is -0.505 e. The number of hydrogen-bond acceptors (Lipinski definition) is 7. The number of azo groups is 1. The van der Waals surface area contributed by atoms with E-state index in [1.807, 2.05) is 32.1 Å². The first-order valence-electron chi connectivity index (χ1n) is 11.0. The van der Waals surface area contributed by atoms with Gasteiger partial charge in [-0.1, -0.05) is 49.4 Å². The van der Waals surface area contributed by atoms with Crippen molar-refractivity contribution in [2.24, 2.45) is 10.2 Å². The number of phenols is 1. The molecule has 0 heterocycles. The number of nitrogens with zero attached hydrogens (tertiary/aromatic N) is 2. The number of allylic oxidation sites excluding steroid dienone is 2. The second-order valence-corrected chi connectivity index (χ2v) is 7.45. The van der Waals surface area contributed by atoms with Crippen molar-refractivity contribution in [1.29, 1.82) is 0 Å². The number of hydrogen-bond donors (Lipinski definition) is 2. The van der Waals surface area contributed by atoms with Gasteiger partial charge in [0.2, 0.25) is 0 Å². The Morgan fingerprint density at radius 1 is 1.09 bits per heavy atom. The Morgan fingerprint density at radius 2 is 1.83 bits per heavy atom. The Bertz CT molecular complexity index is 1340. The average molecular weight is 474 g/mol. The topological polar surface area (TPSA) is 110 Å². The number of carbonyl (C=O) groups excluding carboxylic acids is 2. The van der Waals surface area contributed by atoms with Crippen LogP contribution < -0.4 is 14.8 Å². The number of aldehydes is 1. The lowest BCUT2D eigenvalue weighted by Gasteiger charge is -2.14. The number of anilines is 1. The molecule has 0 radical (unpaired) electrons. The molecule has 0 spiro atoms. The number of rotatable bonds is 9. The standard InChI is InChI=1S/C27H27N3O5/c1-5-9-17(10-6-2)27(33)28-21-14-24(35-4)22(15-23(21)34-3)29-30-25-20-12-8-7-11-18(20)13-19(16-31)26(25)32/h5,7-16,32H,6H2,1-4H3,(H,28,33)/b9-5-,17-10+,30-29?. The molecule has 0 aliphatic rings. The third kappa shape index (κ3) is 5.55. The highest BCUT2D eigenvalue weighted by Crippen LogP contribution is 2.42. The molecule has 35 heavy (non-hydrogen) atoms. The monoisotopic (exact) mass is 473 g/mol. The van der Waals surface area contributed by atoms with Crippen LogP contribution in [0.2, 0.25) is 0 Å². The third-order valence-electron chi connectivity index (χ3n) is 5.19. The predicted octanol–water partition coefficient (Wildman–Crippen LogP) is 6.64. The van der Waals surface area contributed by atoms with Crippen LogP contribution in [-0.4, -0.2) is 31.5 Å². The van der Waals surface area contributed by atoms with Gasteiger partial charge in [-0.25, -0.2) is 0 Å². The molecule has 3 aromatic rings. The molecule has 0 aliphatic heterocycles. The minimum atomic E-state index is -0.290. The van der Waals surface area contributed by atoms with Gasteiger partial charge in [0.25, 0.3) is 5.91 Å². The maximum absolute atomic E-state index is 12.8. The fourth-order valence-corrected chi connectivity index (χ4v) is 3.52. The lowest BCUT2D eigenvalue weighted by Crippen LogP contribution is -2.14. The molecule has 180 valence electrons. The van der Waals surface area contributed by atoms with Crippen LogP contribution in [0.15, 0.2) is 76.5 Å². The zero-order valence-electron chi connectivity index (χ0n) is 20.0. The van der Waals surface area contributed by atoms with Gasteiger partial charge < -0.3 is 19.9 Å². The fraction of sp³-hybridized carbons (Fsp3) is 0.185. The molecule has 8 heteroatoms. The van der Waals surface area contributed by atoms with Crippen molar-refractivity contribution in [3.05, 3.63) is 71.8 Å². The van der Waals surface area contributed by atoms with E-state index in [1.165, 1.54) is 14.2 Å². The van der Waals surface area contributed by atoms with Crippen LogP contribution in [0.4, 0.5) is 17.1 Å². The summed E-state index contributed by atoms with van der Waals surface area (Å²) < 4.78 is 10.9. The van der Waals surface area contributed by atoms with Gasteiger partial charge in [0.15, 0.2) is 12.0 Å². The van der Waals surface area contributed by atoms with Crippen LogP contribution in [0.1, 0.15) is 30.6 Å². The molecule has 3 aromatic carbocycles. The van der Waals surface area contributed by atoms with Crippen molar-refractivity contribution < 1.29 is 24.2 Å². The number of phenolic OH excluding ortho intramolecular Hbond substituents is 1. The molecule has 0 unspecified atom stereocenters. The SMILES string of the molecule is C/C=C\C(=C/CC)C(=O)Nc1cc(OC)c(N=Nc2c(O)c(C=O)cc3ccccc23)cc1OC. The first kappa shape index (κ1) is 25.2. The van der Waals surface area contributed by atoms with Gasteiger partial charge in [-0.2, -0.15) is 0 Å². The zero-order valence-corrected chi connectivity index (χ0v) is 20.0. The fourth-order valence-electron chi connectivity index (χ4n) is 3.52. The molecule has 0 bridgehead atoms. The van der Waals surface area contributed by atoms with E-state index in [9.17, 15) is 14.7 Å². The summed E-state index contributed by atoms with van der Waals surface area (Å²) in [5, 5.41) is 23.3. The van der Waals surface area contributed by atoms with E-state index in [4.69, 9.17) is 9.47 Å². The summed E-state index contributed by atoms with van der Waals surface area (Å²) in [7, 11) is 2.94. The summed E-state index contributed by atoms with van der Waals surface area (Å²) in [6.45, 7) is 3.79. The summed E-state index contributed by atoms with van der Waals surface area (Å²) in [6, 6.07) is 12.0. The highest BCUT2D eigenvalue weighted by atomic mass is 16.5. The van der Waals surface area contributed by atoms with Gasteiger partial charge in [-0.05, 0) is 24.8 Å². The minimum absolute atomic E-state index is 0.109. The van der Waals surface area contributed by atoms with E-state index in [2.05, 4.69) is 15.5 Å². The summed E-state index contributed by atoms with van der Waals surface area (Å²) in [5.74, 6) is 0.116. The molecule has 3 rings (SSSR count). The number of methoxy groups -OCH3 is 2. The molecule has 0 aromatic heterocycles. The van der Waals surface area contributed by atoms with E-state index in [0.29, 0.717) is 46.5 Å². The van der Waals surface area contributed by atoms with Crippen LogP contribution in [-0.2, 0) is 4.79 Å². The molecule has 8 nitrogen and oxygen atoms in total. The second kappa shape index (κ2) is 11.6. The second-order valence-electron chi connectivity index (χ2n) is 7.45. The van der Waals surface area contributed by atoms with E-state index in [1.54, 1.807) is 42.5 Å². The largest absolute Gasteiger partial charge is 0.505 e. The van der Waals surface area contributed by atoms with E-state index in [0.717, 1.165) is 5.39 Å². The summed E-state index contributed by atoms with van der Waals surface area (Å²) in [6.07, 6.45) is 6.62. The van der Waals surface area contributed by atoms with Crippen LogP contribution >= 0.6 is 0 Å². The first-order valence-corrected chi connectivity index (χ1v) is 11.0. The van der Waals surface area contributed by atoms with Crippen LogP contribution in [0, 0.1) is 0 Å². The highest BCUT2D eigenvalue weighted by Gasteiger charge is 2.16. The van der Waals surface area contributed by atoms with Gasteiger partial charge in [0.1, 0.15) is 22.9 Å². The Kier molecular flexibility index (Phi) is 8.34. The molecule has 1 amide bonds. The number of aromatic hydroxyl groups is 1. The lowest BCUT2D eigenvalue weighted by molar-refractivity contribution is -0.112. The Labute approximate surface area is 203 Å². The van der Waals surface area contributed by atoms with Crippen molar-refractivity contribution >= 4 is 40.0 Å². The van der Waals surface area contributed by atoms with Crippen molar-refractivity contribution in [2.75, 3.05) is 19.5 Å². The average Bonchev–Trinajstić information content (AvgIpc) is 2.87. The summed E-state index contributed by atoms with van der Waals surface area (Å²) >= 11 is 0. The Hall–Kier alpha value is -4.46. The molecule has 0 saturated heterocycles. The van der Waals surface area contributed by atoms with Crippen molar-refractivity contribution in [3.63, 3.8) is 0 Å². The third-order valence-corrected chi connectivity index (χ3v) is 5.19. The van der Waals surface area contributed by atoms with Gasteiger partial charge >= 0.3 is 0 Å².